The SMILES string of the molecule is CN(C)S(=O)(=O)c1cccc(COC(=O)c2ccc(N3C(=O)c4ccccc4C3=O)cc2)c1. The van der Waals surface area contributed by atoms with Gasteiger partial charge in [-0.25, -0.2) is 22.4 Å². The van der Waals surface area contributed by atoms with Gasteiger partial charge in [-0.05, 0) is 54.1 Å². The minimum atomic E-state index is -3.60. The maximum absolute atomic E-state index is 12.6. The molecule has 0 saturated heterocycles. The van der Waals surface area contributed by atoms with E-state index in [0.29, 0.717) is 22.4 Å². The summed E-state index contributed by atoms with van der Waals surface area (Å²) < 4.78 is 30.9. The summed E-state index contributed by atoms with van der Waals surface area (Å²) in [4.78, 5) is 38.8. The second-order valence-corrected chi connectivity index (χ2v) is 9.70. The van der Waals surface area contributed by atoms with Crippen LogP contribution in [0.15, 0.2) is 77.7 Å². The Kier molecular flexibility index (Phi) is 5.84. The fraction of sp³-hybridized carbons (Fsp3) is 0.125. The smallest absolute Gasteiger partial charge is 0.338 e. The third-order valence-corrected chi connectivity index (χ3v) is 7.01. The minimum Gasteiger partial charge on any atom is -0.457 e. The molecule has 0 fully saturated rings. The summed E-state index contributed by atoms with van der Waals surface area (Å²) >= 11 is 0. The highest BCUT2D eigenvalue weighted by Gasteiger charge is 2.36. The van der Waals surface area contributed by atoms with Crippen LogP contribution in [0.4, 0.5) is 5.69 Å². The van der Waals surface area contributed by atoms with E-state index >= 15 is 0 Å². The first-order valence-corrected chi connectivity index (χ1v) is 11.4. The number of amides is 2. The minimum absolute atomic E-state index is 0.103. The average Bonchev–Trinajstić information content (AvgIpc) is 3.08. The van der Waals surface area contributed by atoms with Gasteiger partial charge in [-0.1, -0.05) is 24.3 Å². The van der Waals surface area contributed by atoms with Crippen molar-refractivity contribution in [3.8, 4) is 0 Å². The molecule has 33 heavy (non-hydrogen) atoms. The molecule has 8 nitrogen and oxygen atoms in total. The lowest BCUT2D eigenvalue weighted by Gasteiger charge is -2.14. The predicted molar refractivity (Wildman–Crippen MR) is 120 cm³/mol. The van der Waals surface area contributed by atoms with E-state index in [9.17, 15) is 22.8 Å². The van der Waals surface area contributed by atoms with Crippen LogP contribution in [-0.2, 0) is 21.4 Å². The Morgan fingerprint density at radius 1 is 0.879 bits per heavy atom. The summed E-state index contributed by atoms with van der Waals surface area (Å²) in [5.41, 5.74) is 1.77. The van der Waals surface area contributed by atoms with Gasteiger partial charge in [-0.3, -0.25) is 9.59 Å². The maximum atomic E-state index is 12.6. The molecule has 1 aliphatic heterocycles. The van der Waals surface area contributed by atoms with Crippen molar-refractivity contribution in [2.24, 2.45) is 0 Å². The molecule has 4 rings (SSSR count). The first-order chi connectivity index (χ1) is 15.7. The van der Waals surface area contributed by atoms with E-state index in [1.54, 1.807) is 36.4 Å². The van der Waals surface area contributed by atoms with Crippen molar-refractivity contribution in [1.82, 2.24) is 4.31 Å². The first kappa shape index (κ1) is 22.4. The van der Waals surface area contributed by atoms with Gasteiger partial charge in [0.05, 0.1) is 27.3 Å². The van der Waals surface area contributed by atoms with Crippen LogP contribution in [0.25, 0.3) is 0 Å². The van der Waals surface area contributed by atoms with Gasteiger partial charge in [0.25, 0.3) is 11.8 Å². The number of ether oxygens (including phenoxy) is 1. The lowest BCUT2D eigenvalue weighted by Crippen LogP contribution is -2.29. The molecule has 168 valence electrons. The van der Waals surface area contributed by atoms with E-state index in [1.807, 2.05) is 0 Å². The van der Waals surface area contributed by atoms with E-state index < -0.39 is 27.8 Å². The van der Waals surface area contributed by atoms with Crippen molar-refractivity contribution in [3.05, 3.63) is 95.1 Å². The van der Waals surface area contributed by atoms with E-state index in [0.717, 1.165) is 9.21 Å². The third kappa shape index (κ3) is 4.15. The largest absolute Gasteiger partial charge is 0.457 e. The number of esters is 1. The van der Waals surface area contributed by atoms with Crippen molar-refractivity contribution in [3.63, 3.8) is 0 Å². The van der Waals surface area contributed by atoms with Gasteiger partial charge in [0.1, 0.15) is 6.61 Å². The molecule has 0 spiro atoms. The van der Waals surface area contributed by atoms with Crippen LogP contribution in [0, 0.1) is 0 Å². The van der Waals surface area contributed by atoms with Gasteiger partial charge in [0.15, 0.2) is 0 Å². The number of carbonyl (C=O) groups is 3. The molecule has 1 heterocycles. The van der Waals surface area contributed by atoms with Crippen LogP contribution in [0.2, 0.25) is 0 Å². The number of fused-ring (bicyclic) bond motifs is 1. The van der Waals surface area contributed by atoms with Gasteiger partial charge in [0, 0.05) is 14.1 Å². The number of rotatable bonds is 6. The fourth-order valence-corrected chi connectivity index (χ4v) is 4.38. The number of anilines is 1. The van der Waals surface area contributed by atoms with Crippen molar-refractivity contribution in [1.29, 1.82) is 0 Å². The number of nitrogens with zero attached hydrogens (tertiary/aromatic N) is 2. The van der Waals surface area contributed by atoms with E-state index in [2.05, 4.69) is 0 Å². The zero-order valence-corrected chi connectivity index (χ0v) is 18.7. The van der Waals surface area contributed by atoms with Gasteiger partial charge < -0.3 is 4.74 Å². The van der Waals surface area contributed by atoms with Crippen LogP contribution in [0.1, 0.15) is 36.6 Å². The Morgan fingerprint density at radius 2 is 1.48 bits per heavy atom. The van der Waals surface area contributed by atoms with Crippen molar-refractivity contribution < 1.29 is 27.5 Å². The topological polar surface area (TPSA) is 101 Å². The van der Waals surface area contributed by atoms with Gasteiger partial charge in [0.2, 0.25) is 10.0 Å². The summed E-state index contributed by atoms with van der Waals surface area (Å²) in [5.74, 6) is -1.46. The molecule has 3 aromatic rings. The highest BCUT2D eigenvalue weighted by atomic mass is 32.2. The highest BCUT2D eigenvalue weighted by molar-refractivity contribution is 7.89. The summed E-state index contributed by atoms with van der Waals surface area (Å²) in [6.45, 7) is -0.115. The summed E-state index contributed by atoms with van der Waals surface area (Å²) in [6, 6.07) is 18.7. The molecular weight excluding hydrogens is 444 g/mol. The van der Waals surface area contributed by atoms with Gasteiger partial charge in [-0.15, -0.1) is 0 Å². The van der Waals surface area contributed by atoms with Crippen molar-refractivity contribution >= 4 is 33.5 Å². The molecule has 0 bridgehead atoms. The van der Waals surface area contributed by atoms with E-state index in [4.69, 9.17) is 4.74 Å². The lowest BCUT2D eigenvalue weighted by atomic mass is 10.1. The van der Waals surface area contributed by atoms with Crippen LogP contribution < -0.4 is 4.90 Å². The Bertz CT molecular complexity index is 1330. The van der Waals surface area contributed by atoms with E-state index in [-0.39, 0.29) is 17.1 Å². The summed E-state index contributed by atoms with van der Waals surface area (Å²) in [7, 11) is -0.722. The third-order valence-electron chi connectivity index (χ3n) is 5.20. The summed E-state index contributed by atoms with van der Waals surface area (Å²) in [5, 5.41) is 0. The molecule has 2 amide bonds. The first-order valence-electron chi connectivity index (χ1n) is 9.96. The van der Waals surface area contributed by atoms with Crippen molar-refractivity contribution in [2.75, 3.05) is 19.0 Å². The number of sulfonamides is 1. The van der Waals surface area contributed by atoms with Gasteiger partial charge >= 0.3 is 5.97 Å². The Morgan fingerprint density at radius 3 is 2.06 bits per heavy atom. The average molecular weight is 464 g/mol. The molecule has 0 unspecified atom stereocenters. The number of imide groups is 1. The molecule has 1 aliphatic rings. The normalized spacial score (nSPS) is 13.4. The number of carbonyl (C=O) groups excluding carboxylic acids is 3. The zero-order valence-electron chi connectivity index (χ0n) is 17.9. The van der Waals surface area contributed by atoms with Crippen molar-refractivity contribution in [2.45, 2.75) is 11.5 Å². The number of benzene rings is 3. The standard InChI is InChI=1S/C24H20N2O6S/c1-25(2)33(30,31)19-7-5-6-16(14-19)15-32-24(29)17-10-12-18(13-11-17)26-22(27)20-8-3-4-9-21(20)23(26)28/h3-14H,15H2,1-2H3. The predicted octanol–water partition coefficient (Wildman–Crippen LogP) is 3.09. The lowest BCUT2D eigenvalue weighted by molar-refractivity contribution is 0.0472. The molecule has 0 saturated carbocycles. The molecule has 0 aromatic heterocycles. The van der Waals surface area contributed by atoms with Gasteiger partial charge in [-0.2, -0.15) is 0 Å². The number of hydrogen-bond donors (Lipinski definition) is 0. The Hall–Kier alpha value is -3.82. The fourth-order valence-electron chi connectivity index (χ4n) is 3.41. The highest BCUT2D eigenvalue weighted by Crippen LogP contribution is 2.28. The second kappa shape index (κ2) is 8.61. The molecule has 3 aromatic carbocycles. The zero-order chi connectivity index (χ0) is 23.8. The second-order valence-electron chi connectivity index (χ2n) is 7.55. The summed E-state index contributed by atoms with van der Waals surface area (Å²) in [6.07, 6.45) is 0. The molecule has 0 N–H and O–H groups in total. The van der Waals surface area contributed by atoms with Crippen LogP contribution in [0.3, 0.4) is 0 Å². The van der Waals surface area contributed by atoms with E-state index in [1.165, 1.54) is 50.5 Å². The molecule has 0 radical (unpaired) electrons. The Labute approximate surface area is 191 Å². The van der Waals surface area contributed by atoms with Crippen LogP contribution >= 0.6 is 0 Å². The quantitative estimate of drug-likeness (QED) is 0.410. The molecule has 9 heteroatoms. The maximum Gasteiger partial charge on any atom is 0.338 e. The van der Waals surface area contributed by atoms with Crippen LogP contribution in [-0.4, -0.2) is 44.6 Å². The monoisotopic (exact) mass is 464 g/mol. The molecule has 0 atom stereocenters. The van der Waals surface area contributed by atoms with Crippen LogP contribution in [0.5, 0.6) is 0 Å². The molecular formula is C24H20N2O6S. The number of hydrogen-bond acceptors (Lipinski definition) is 6. The molecule has 0 aliphatic carbocycles. The Balaban J connectivity index is 1.45.